The first kappa shape index (κ1) is 11.0. The highest BCUT2D eigenvalue weighted by Crippen LogP contribution is 2.39. The van der Waals surface area contributed by atoms with Crippen LogP contribution in [0.4, 0.5) is 0 Å². The van der Waals surface area contributed by atoms with Gasteiger partial charge in [0.25, 0.3) is 0 Å². The van der Waals surface area contributed by atoms with Gasteiger partial charge in [0.05, 0.1) is 0 Å². The van der Waals surface area contributed by atoms with Crippen molar-refractivity contribution in [2.75, 3.05) is 0 Å². The molecular weight excluding hydrogens is 168 g/mol. The van der Waals surface area contributed by atoms with E-state index in [9.17, 15) is 0 Å². The van der Waals surface area contributed by atoms with E-state index >= 15 is 0 Å². The molecule has 0 amide bonds. The van der Waals surface area contributed by atoms with E-state index < -0.39 is 0 Å². The van der Waals surface area contributed by atoms with Gasteiger partial charge < -0.3 is 0 Å². The minimum Gasteiger partial charge on any atom is -0.103 e. The molecule has 0 spiro atoms. The standard InChI is InChI=1S/C14H20/c1-5-14(4,6-2)12(3)13-10-8-7-9-11-13/h5,7-12H,1,6H2,2-4H3/t12-,14-/m1/s1. The van der Waals surface area contributed by atoms with Crippen molar-refractivity contribution in [1.82, 2.24) is 0 Å². The molecular formula is C14H20. The molecule has 1 aromatic rings. The summed E-state index contributed by atoms with van der Waals surface area (Å²) in [7, 11) is 0. The third-order valence-electron chi connectivity index (χ3n) is 3.52. The average molecular weight is 188 g/mol. The Morgan fingerprint density at radius 3 is 2.36 bits per heavy atom. The van der Waals surface area contributed by atoms with Gasteiger partial charge in [-0.2, -0.15) is 0 Å². The molecule has 76 valence electrons. The van der Waals surface area contributed by atoms with Crippen LogP contribution >= 0.6 is 0 Å². The predicted molar refractivity (Wildman–Crippen MR) is 63.5 cm³/mol. The Kier molecular flexibility index (Phi) is 3.51. The molecule has 0 saturated heterocycles. The molecule has 0 aliphatic rings. The van der Waals surface area contributed by atoms with E-state index in [0.29, 0.717) is 5.92 Å². The first-order chi connectivity index (χ1) is 6.64. The molecule has 0 heteroatoms. The van der Waals surface area contributed by atoms with Gasteiger partial charge >= 0.3 is 0 Å². The normalized spacial score (nSPS) is 17.1. The van der Waals surface area contributed by atoms with E-state index in [4.69, 9.17) is 0 Å². The van der Waals surface area contributed by atoms with Crippen LogP contribution in [0.1, 0.15) is 38.7 Å². The van der Waals surface area contributed by atoms with Crippen molar-refractivity contribution in [3.05, 3.63) is 48.6 Å². The second-order valence-corrected chi connectivity index (χ2v) is 4.20. The van der Waals surface area contributed by atoms with Crippen LogP contribution in [0.3, 0.4) is 0 Å². The lowest BCUT2D eigenvalue weighted by Gasteiger charge is -2.32. The first-order valence-corrected chi connectivity index (χ1v) is 5.32. The molecule has 0 fully saturated rings. The number of benzene rings is 1. The summed E-state index contributed by atoms with van der Waals surface area (Å²) in [6.45, 7) is 10.7. The van der Waals surface area contributed by atoms with Gasteiger partial charge in [-0.1, -0.05) is 57.2 Å². The van der Waals surface area contributed by atoms with Crippen molar-refractivity contribution in [3.8, 4) is 0 Å². The number of allylic oxidation sites excluding steroid dienone is 1. The van der Waals surface area contributed by atoms with Gasteiger partial charge in [0.15, 0.2) is 0 Å². The summed E-state index contributed by atoms with van der Waals surface area (Å²) >= 11 is 0. The summed E-state index contributed by atoms with van der Waals surface area (Å²) in [6.07, 6.45) is 3.22. The SMILES string of the molecule is C=C[C@](C)(CC)[C@H](C)c1ccccc1. The summed E-state index contributed by atoms with van der Waals surface area (Å²) in [5.41, 5.74) is 1.61. The molecule has 0 bridgehead atoms. The van der Waals surface area contributed by atoms with E-state index in [1.165, 1.54) is 5.56 Å². The molecule has 0 N–H and O–H groups in total. The van der Waals surface area contributed by atoms with Crippen molar-refractivity contribution in [1.29, 1.82) is 0 Å². The maximum absolute atomic E-state index is 3.95. The third-order valence-corrected chi connectivity index (χ3v) is 3.52. The van der Waals surface area contributed by atoms with E-state index in [0.717, 1.165) is 6.42 Å². The molecule has 0 nitrogen and oxygen atoms in total. The van der Waals surface area contributed by atoms with Crippen molar-refractivity contribution in [2.24, 2.45) is 5.41 Å². The molecule has 0 unspecified atom stereocenters. The van der Waals surface area contributed by atoms with Gasteiger partial charge in [-0.3, -0.25) is 0 Å². The largest absolute Gasteiger partial charge is 0.103 e. The molecule has 1 aromatic carbocycles. The fourth-order valence-corrected chi connectivity index (χ4v) is 1.75. The summed E-state index contributed by atoms with van der Waals surface area (Å²) in [5.74, 6) is 0.534. The highest BCUT2D eigenvalue weighted by atomic mass is 14.3. The highest BCUT2D eigenvalue weighted by molar-refractivity contribution is 5.22. The maximum Gasteiger partial charge on any atom is -0.00858 e. The van der Waals surface area contributed by atoms with E-state index in [1.54, 1.807) is 0 Å². The van der Waals surface area contributed by atoms with Gasteiger partial charge in [0, 0.05) is 0 Å². The van der Waals surface area contributed by atoms with E-state index in [-0.39, 0.29) is 5.41 Å². The molecule has 14 heavy (non-hydrogen) atoms. The summed E-state index contributed by atoms with van der Waals surface area (Å²) in [5, 5.41) is 0. The molecule has 0 aliphatic carbocycles. The minimum atomic E-state index is 0.210. The minimum absolute atomic E-state index is 0.210. The zero-order valence-corrected chi connectivity index (χ0v) is 9.46. The van der Waals surface area contributed by atoms with E-state index in [1.807, 2.05) is 0 Å². The highest BCUT2D eigenvalue weighted by Gasteiger charge is 2.26. The second kappa shape index (κ2) is 4.45. The quantitative estimate of drug-likeness (QED) is 0.615. The van der Waals surface area contributed by atoms with Gasteiger partial charge in [-0.15, -0.1) is 6.58 Å². The van der Waals surface area contributed by atoms with Crippen LogP contribution in [-0.4, -0.2) is 0 Å². The van der Waals surface area contributed by atoms with Crippen LogP contribution < -0.4 is 0 Å². The maximum atomic E-state index is 3.95. The van der Waals surface area contributed by atoms with Gasteiger partial charge in [-0.05, 0) is 23.3 Å². The average Bonchev–Trinajstić information content (AvgIpc) is 2.28. The molecule has 0 saturated carbocycles. The van der Waals surface area contributed by atoms with Crippen LogP contribution in [0.2, 0.25) is 0 Å². The lowest BCUT2D eigenvalue weighted by atomic mass is 9.73. The summed E-state index contributed by atoms with van der Waals surface area (Å²) < 4.78 is 0. The van der Waals surface area contributed by atoms with Crippen molar-refractivity contribution in [3.63, 3.8) is 0 Å². The first-order valence-electron chi connectivity index (χ1n) is 5.32. The molecule has 1 rings (SSSR count). The molecule has 0 radical (unpaired) electrons. The summed E-state index contributed by atoms with van der Waals surface area (Å²) in [6, 6.07) is 10.7. The predicted octanol–water partition coefficient (Wildman–Crippen LogP) is 4.39. The molecule has 0 aliphatic heterocycles. The second-order valence-electron chi connectivity index (χ2n) is 4.20. The zero-order chi connectivity index (χ0) is 10.6. The van der Waals surface area contributed by atoms with Gasteiger partial charge in [0.2, 0.25) is 0 Å². The number of rotatable bonds is 4. The van der Waals surface area contributed by atoms with Crippen LogP contribution in [0.15, 0.2) is 43.0 Å². The molecule has 0 heterocycles. The van der Waals surface area contributed by atoms with Gasteiger partial charge in [0.1, 0.15) is 0 Å². The lowest BCUT2D eigenvalue weighted by molar-refractivity contribution is 0.341. The van der Waals surface area contributed by atoms with Crippen LogP contribution in [0.25, 0.3) is 0 Å². The monoisotopic (exact) mass is 188 g/mol. The Hall–Kier alpha value is -1.04. The summed E-state index contributed by atoms with van der Waals surface area (Å²) in [4.78, 5) is 0. The fourth-order valence-electron chi connectivity index (χ4n) is 1.75. The van der Waals surface area contributed by atoms with Gasteiger partial charge in [-0.25, -0.2) is 0 Å². The van der Waals surface area contributed by atoms with Crippen molar-refractivity contribution >= 4 is 0 Å². The fraction of sp³-hybridized carbons (Fsp3) is 0.429. The van der Waals surface area contributed by atoms with Crippen LogP contribution in [0.5, 0.6) is 0 Å². The Bertz CT molecular complexity index is 286. The Morgan fingerprint density at radius 2 is 1.93 bits per heavy atom. The Balaban J connectivity index is 2.94. The third kappa shape index (κ3) is 2.06. The Labute approximate surface area is 87.7 Å². The lowest BCUT2D eigenvalue weighted by Crippen LogP contribution is -2.19. The molecule has 0 aromatic heterocycles. The van der Waals surface area contributed by atoms with Crippen molar-refractivity contribution in [2.45, 2.75) is 33.1 Å². The number of hydrogen-bond donors (Lipinski definition) is 0. The molecule has 2 atom stereocenters. The Morgan fingerprint density at radius 1 is 1.36 bits per heavy atom. The zero-order valence-electron chi connectivity index (χ0n) is 9.46. The smallest absolute Gasteiger partial charge is 0.00858 e. The topological polar surface area (TPSA) is 0 Å². The number of hydrogen-bond acceptors (Lipinski definition) is 0. The van der Waals surface area contributed by atoms with Crippen LogP contribution in [-0.2, 0) is 0 Å². The van der Waals surface area contributed by atoms with Crippen LogP contribution in [0, 0.1) is 5.41 Å². The van der Waals surface area contributed by atoms with E-state index in [2.05, 4.69) is 63.8 Å². The van der Waals surface area contributed by atoms with Crippen molar-refractivity contribution < 1.29 is 0 Å².